The Morgan fingerprint density at radius 2 is 2.11 bits per heavy atom. The van der Waals surface area contributed by atoms with E-state index in [1.54, 1.807) is 10.7 Å². The predicted molar refractivity (Wildman–Crippen MR) is 102 cm³/mol. The maximum absolute atomic E-state index is 10.1. The molecule has 1 fully saturated rings. The summed E-state index contributed by atoms with van der Waals surface area (Å²) in [6, 6.07) is 4.18. The van der Waals surface area contributed by atoms with Gasteiger partial charge < -0.3 is 15.4 Å². The summed E-state index contributed by atoms with van der Waals surface area (Å²) < 4.78 is 1.75. The second-order valence-corrected chi connectivity index (χ2v) is 7.52. The number of nitrogens with zero attached hydrogens (tertiary/aromatic N) is 5. The second-order valence-electron chi connectivity index (χ2n) is 7.52. The molecule has 0 amide bonds. The van der Waals surface area contributed by atoms with Gasteiger partial charge in [0.05, 0.1) is 11.3 Å². The van der Waals surface area contributed by atoms with Crippen LogP contribution in [0, 0.1) is 0 Å². The Morgan fingerprint density at radius 3 is 2.96 bits per heavy atom. The Kier molecular flexibility index (Phi) is 3.61. The first-order valence-corrected chi connectivity index (χ1v) is 9.21. The van der Waals surface area contributed by atoms with Gasteiger partial charge in [-0.05, 0) is 44.7 Å². The van der Waals surface area contributed by atoms with Crippen molar-refractivity contribution in [3.8, 4) is 11.3 Å². The van der Waals surface area contributed by atoms with Gasteiger partial charge in [0.15, 0.2) is 5.65 Å². The number of H-pyrrole nitrogens is 1. The van der Waals surface area contributed by atoms with E-state index in [4.69, 9.17) is 0 Å². The van der Waals surface area contributed by atoms with Crippen molar-refractivity contribution in [2.24, 2.45) is 0 Å². The zero-order valence-electron chi connectivity index (χ0n) is 15.1. The van der Waals surface area contributed by atoms with Gasteiger partial charge in [0, 0.05) is 41.8 Å². The van der Waals surface area contributed by atoms with Crippen molar-refractivity contribution < 1.29 is 5.11 Å². The number of aliphatic hydroxyl groups is 1. The summed E-state index contributed by atoms with van der Waals surface area (Å²) in [4.78, 5) is 16.6. The number of fused-ring (bicyclic) bond motifs is 2. The number of anilines is 1. The zero-order valence-corrected chi connectivity index (χ0v) is 15.1. The number of hydrogen-bond donors (Lipinski definition) is 3. The third-order valence-electron chi connectivity index (χ3n) is 5.36. The van der Waals surface area contributed by atoms with Crippen LogP contribution in [0.3, 0.4) is 0 Å². The lowest BCUT2D eigenvalue weighted by Crippen LogP contribution is -2.36. The second kappa shape index (κ2) is 6.02. The van der Waals surface area contributed by atoms with E-state index in [0.29, 0.717) is 12.0 Å². The third-order valence-corrected chi connectivity index (χ3v) is 5.36. The fourth-order valence-electron chi connectivity index (χ4n) is 3.71. The first kappa shape index (κ1) is 16.2. The Bertz CT molecular complexity index is 1100. The molecular formula is C19H21N7O. The molecule has 8 heteroatoms. The highest BCUT2D eigenvalue weighted by molar-refractivity contribution is 5.92. The van der Waals surface area contributed by atoms with Crippen LogP contribution in [-0.4, -0.2) is 46.3 Å². The maximum atomic E-state index is 10.1. The number of rotatable bonds is 3. The minimum Gasteiger partial charge on any atom is -0.390 e. The molecule has 1 aliphatic carbocycles. The van der Waals surface area contributed by atoms with E-state index in [1.807, 2.05) is 37.6 Å². The summed E-state index contributed by atoms with van der Waals surface area (Å²) >= 11 is 0. The van der Waals surface area contributed by atoms with E-state index in [2.05, 4.69) is 30.4 Å². The predicted octanol–water partition coefficient (Wildman–Crippen LogP) is 2.77. The van der Waals surface area contributed by atoms with E-state index in [9.17, 15) is 5.11 Å². The lowest BCUT2D eigenvalue weighted by molar-refractivity contribution is 0.0196. The molecule has 0 aromatic carbocycles. The van der Waals surface area contributed by atoms with E-state index >= 15 is 0 Å². The topological polar surface area (TPSA) is 104 Å². The number of nitrogens with one attached hydrogen (secondary N) is 2. The quantitative estimate of drug-likeness (QED) is 0.517. The average Bonchev–Trinajstić information content (AvgIpc) is 3.29. The standard InChI is InChI=1S/C19H21N7O/c1-19(27)6-4-12(5-7-19)23-18-22-11-14-13(10-21-17(14)24-18)15-2-3-16-20-8-9-26(16)25-15/h2-3,8-12,27H,4-7H2,1H3,(H2,21,22,23,24). The molecule has 4 aromatic rings. The van der Waals surface area contributed by atoms with Crippen LogP contribution in [0.15, 0.2) is 36.9 Å². The summed E-state index contributed by atoms with van der Waals surface area (Å²) in [7, 11) is 0. The van der Waals surface area contributed by atoms with Gasteiger partial charge in [0.25, 0.3) is 0 Å². The molecule has 4 heterocycles. The molecule has 0 atom stereocenters. The van der Waals surface area contributed by atoms with Crippen molar-refractivity contribution in [2.45, 2.75) is 44.2 Å². The molecule has 8 nitrogen and oxygen atoms in total. The minimum atomic E-state index is -0.541. The van der Waals surface area contributed by atoms with E-state index < -0.39 is 5.60 Å². The van der Waals surface area contributed by atoms with Gasteiger partial charge in [0.1, 0.15) is 5.65 Å². The van der Waals surface area contributed by atoms with Gasteiger partial charge in [-0.2, -0.15) is 10.1 Å². The zero-order chi connectivity index (χ0) is 18.4. The fraction of sp³-hybridized carbons (Fsp3) is 0.368. The molecular weight excluding hydrogens is 342 g/mol. The largest absolute Gasteiger partial charge is 0.390 e. The van der Waals surface area contributed by atoms with Crippen LogP contribution in [0.1, 0.15) is 32.6 Å². The molecule has 0 saturated heterocycles. The highest BCUT2D eigenvalue weighted by Gasteiger charge is 2.28. The van der Waals surface area contributed by atoms with Gasteiger partial charge in [0.2, 0.25) is 5.95 Å². The Labute approximate surface area is 155 Å². The van der Waals surface area contributed by atoms with Crippen molar-refractivity contribution in [1.29, 1.82) is 0 Å². The van der Waals surface area contributed by atoms with Crippen LogP contribution in [-0.2, 0) is 0 Å². The summed E-state index contributed by atoms with van der Waals surface area (Å²) in [5, 5.41) is 19.0. The monoisotopic (exact) mass is 363 g/mol. The highest BCUT2D eigenvalue weighted by Crippen LogP contribution is 2.30. The van der Waals surface area contributed by atoms with Crippen molar-refractivity contribution in [3.05, 3.63) is 36.9 Å². The van der Waals surface area contributed by atoms with Crippen LogP contribution in [0.25, 0.3) is 27.9 Å². The molecule has 1 aliphatic rings. The molecule has 0 bridgehead atoms. The first-order valence-electron chi connectivity index (χ1n) is 9.21. The molecule has 5 rings (SSSR count). The van der Waals surface area contributed by atoms with Crippen LogP contribution < -0.4 is 5.32 Å². The minimum absolute atomic E-state index is 0.294. The normalized spacial score (nSPS) is 23.1. The maximum Gasteiger partial charge on any atom is 0.224 e. The van der Waals surface area contributed by atoms with Gasteiger partial charge >= 0.3 is 0 Å². The van der Waals surface area contributed by atoms with Crippen molar-refractivity contribution in [3.63, 3.8) is 0 Å². The van der Waals surface area contributed by atoms with Crippen LogP contribution in [0.5, 0.6) is 0 Å². The van der Waals surface area contributed by atoms with Crippen molar-refractivity contribution in [1.82, 2.24) is 29.5 Å². The van der Waals surface area contributed by atoms with Crippen LogP contribution in [0.4, 0.5) is 5.95 Å². The molecule has 4 aromatic heterocycles. The van der Waals surface area contributed by atoms with Crippen molar-refractivity contribution in [2.75, 3.05) is 5.32 Å². The summed E-state index contributed by atoms with van der Waals surface area (Å²) in [6.45, 7) is 1.90. The van der Waals surface area contributed by atoms with Crippen LogP contribution >= 0.6 is 0 Å². The van der Waals surface area contributed by atoms with E-state index in [1.165, 1.54) is 0 Å². The first-order chi connectivity index (χ1) is 13.1. The summed E-state index contributed by atoms with van der Waals surface area (Å²) in [5.74, 6) is 0.612. The Balaban J connectivity index is 1.41. The molecule has 0 unspecified atom stereocenters. The summed E-state index contributed by atoms with van der Waals surface area (Å²) in [6.07, 6.45) is 10.7. The van der Waals surface area contributed by atoms with E-state index in [0.717, 1.165) is 53.6 Å². The van der Waals surface area contributed by atoms with Crippen molar-refractivity contribution >= 4 is 22.6 Å². The molecule has 1 saturated carbocycles. The lowest BCUT2D eigenvalue weighted by Gasteiger charge is -2.33. The number of aromatic amines is 1. The molecule has 27 heavy (non-hydrogen) atoms. The van der Waals surface area contributed by atoms with E-state index in [-0.39, 0.29) is 0 Å². The van der Waals surface area contributed by atoms with Gasteiger partial charge in [-0.1, -0.05) is 0 Å². The van der Waals surface area contributed by atoms with Gasteiger partial charge in [-0.25, -0.2) is 14.5 Å². The molecule has 0 radical (unpaired) electrons. The average molecular weight is 363 g/mol. The Hall–Kier alpha value is -3.00. The SMILES string of the molecule is CC1(O)CCC(Nc2ncc3c(-c4ccc5nccn5n4)c[nH]c3n2)CC1. The summed E-state index contributed by atoms with van der Waals surface area (Å²) in [5.41, 5.74) is 2.85. The molecule has 3 N–H and O–H groups in total. The number of imidazole rings is 1. The Morgan fingerprint density at radius 1 is 1.26 bits per heavy atom. The number of hydrogen-bond acceptors (Lipinski definition) is 6. The molecule has 0 spiro atoms. The molecule has 0 aliphatic heterocycles. The molecule has 138 valence electrons. The van der Waals surface area contributed by atoms with Crippen LogP contribution in [0.2, 0.25) is 0 Å². The lowest BCUT2D eigenvalue weighted by atomic mass is 9.84. The number of aromatic nitrogens is 6. The third kappa shape index (κ3) is 3.02. The highest BCUT2D eigenvalue weighted by atomic mass is 16.3. The smallest absolute Gasteiger partial charge is 0.224 e. The fourth-order valence-corrected chi connectivity index (χ4v) is 3.71. The van der Waals surface area contributed by atoms with Gasteiger partial charge in [-0.3, -0.25) is 0 Å². The van der Waals surface area contributed by atoms with Gasteiger partial charge in [-0.15, -0.1) is 0 Å².